The fourth-order valence-corrected chi connectivity index (χ4v) is 1.26. The normalized spacial score (nSPS) is 10.5. The summed E-state index contributed by atoms with van der Waals surface area (Å²) in [5, 5.41) is 2.54. The second-order valence-corrected chi connectivity index (χ2v) is 3.31. The smallest absolute Gasteiger partial charge is 0.243 e. The Morgan fingerprint density at radius 1 is 1.36 bits per heavy atom. The molecule has 0 aliphatic rings. The molecule has 0 aliphatic carbocycles. The number of rotatable bonds is 2. The largest absolute Gasteiger partial charge is 0.356 e. The maximum Gasteiger partial charge on any atom is 0.243 e. The van der Waals surface area contributed by atoms with E-state index in [1.807, 2.05) is 25.1 Å². The van der Waals surface area contributed by atoms with Crippen LogP contribution in [0.1, 0.15) is 16.7 Å². The Hall–Kier alpha value is -1.57. The number of likely N-dealkylation sites (N-methyl/N-ethyl adjacent to an activating group) is 1. The minimum atomic E-state index is -0.0787. The van der Waals surface area contributed by atoms with Gasteiger partial charge >= 0.3 is 0 Å². The first-order valence-electron chi connectivity index (χ1n) is 4.60. The van der Waals surface area contributed by atoms with E-state index < -0.39 is 0 Å². The second-order valence-electron chi connectivity index (χ2n) is 3.31. The van der Waals surface area contributed by atoms with Crippen LogP contribution in [-0.4, -0.2) is 13.0 Å². The lowest BCUT2D eigenvalue weighted by atomic mass is 10.1. The van der Waals surface area contributed by atoms with Gasteiger partial charge in [-0.15, -0.1) is 0 Å². The molecule has 1 aromatic carbocycles. The molecule has 2 nitrogen and oxygen atoms in total. The summed E-state index contributed by atoms with van der Waals surface area (Å²) in [6, 6.07) is 6.16. The fourth-order valence-electron chi connectivity index (χ4n) is 1.26. The molecule has 0 saturated carbocycles. The highest BCUT2D eigenvalue weighted by Crippen LogP contribution is 2.11. The molecule has 0 spiro atoms. The maximum atomic E-state index is 11.0. The van der Waals surface area contributed by atoms with Crippen molar-refractivity contribution in [2.45, 2.75) is 13.8 Å². The van der Waals surface area contributed by atoms with Gasteiger partial charge in [0.1, 0.15) is 0 Å². The van der Waals surface area contributed by atoms with Crippen molar-refractivity contribution >= 4 is 12.0 Å². The van der Waals surface area contributed by atoms with Gasteiger partial charge in [0.05, 0.1) is 0 Å². The van der Waals surface area contributed by atoms with Gasteiger partial charge in [-0.2, -0.15) is 0 Å². The molecule has 2 heteroatoms. The predicted molar refractivity (Wildman–Crippen MR) is 59.0 cm³/mol. The van der Waals surface area contributed by atoms with Gasteiger partial charge in [0.15, 0.2) is 0 Å². The van der Waals surface area contributed by atoms with Crippen molar-refractivity contribution in [1.82, 2.24) is 5.32 Å². The zero-order chi connectivity index (χ0) is 10.6. The molecule has 1 amide bonds. The molecule has 0 heterocycles. The fraction of sp³-hybridized carbons (Fsp3) is 0.250. The van der Waals surface area contributed by atoms with Gasteiger partial charge in [0, 0.05) is 13.1 Å². The van der Waals surface area contributed by atoms with Crippen LogP contribution in [0.4, 0.5) is 0 Å². The van der Waals surface area contributed by atoms with E-state index >= 15 is 0 Å². The third kappa shape index (κ3) is 2.73. The number of hydrogen-bond acceptors (Lipinski definition) is 1. The minimum absolute atomic E-state index is 0.0787. The van der Waals surface area contributed by atoms with Crippen LogP contribution in [0.5, 0.6) is 0 Å². The molecule has 0 bridgehead atoms. The molecule has 1 rings (SSSR count). The topological polar surface area (TPSA) is 29.1 Å². The van der Waals surface area contributed by atoms with Crippen LogP contribution < -0.4 is 5.32 Å². The van der Waals surface area contributed by atoms with E-state index in [-0.39, 0.29) is 5.91 Å². The van der Waals surface area contributed by atoms with E-state index in [4.69, 9.17) is 0 Å². The quantitative estimate of drug-likeness (QED) is 0.709. The van der Waals surface area contributed by atoms with E-state index in [0.29, 0.717) is 0 Å². The maximum absolute atomic E-state index is 11.0. The first kappa shape index (κ1) is 10.5. The van der Waals surface area contributed by atoms with Crippen molar-refractivity contribution in [3.8, 4) is 0 Å². The third-order valence-corrected chi connectivity index (χ3v) is 2.09. The molecule has 14 heavy (non-hydrogen) atoms. The number of carbonyl (C=O) groups is 1. The number of carbonyl (C=O) groups excluding carboxylic acids is 1. The highest BCUT2D eigenvalue weighted by atomic mass is 16.1. The van der Waals surface area contributed by atoms with Gasteiger partial charge in [0.25, 0.3) is 0 Å². The minimum Gasteiger partial charge on any atom is -0.356 e. The lowest BCUT2D eigenvalue weighted by Crippen LogP contribution is -2.13. The van der Waals surface area contributed by atoms with Crippen LogP contribution >= 0.6 is 0 Å². The van der Waals surface area contributed by atoms with Crippen molar-refractivity contribution < 1.29 is 4.79 Å². The lowest BCUT2D eigenvalue weighted by Gasteiger charge is -2.01. The molecule has 0 fully saturated rings. The molecule has 0 aliphatic heterocycles. The van der Waals surface area contributed by atoms with Gasteiger partial charge in [-0.25, -0.2) is 0 Å². The number of aryl methyl sites for hydroxylation is 2. The standard InChI is InChI=1S/C12H15NO/c1-9-4-5-11(10(2)8-9)6-7-12(14)13-3/h4-8H,1-3H3,(H,13,14)/b7-6-. The lowest BCUT2D eigenvalue weighted by molar-refractivity contribution is -0.115. The van der Waals surface area contributed by atoms with Gasteiger partial charge in [-0.1, -0.05) is 23.8 Å². The van der Waals surface area contributed by atoms with Gasteiger partial charge in [0.2, 0.25) is 5.91 Å². The monoisotopic (exact) mass is 189 g/mol. The summed E-state index contributed by atoms with van der Waals surface area (Å²) >= 11 is 0. The summed E-state index contributed by atoms with van der Waals surface area (Å²) in [7, 11) is 1.62. The van der Waals surface area contributed by atoms with Crippen molar-refractivity contribution in [3.05, 3.63) is 41.0 Å². The summed E-state index contributed by atoms with van der Waals surface area (Å²) in [6.07, 6.45) is 3.37. The summed E-state index contributed by atoms with van der Waals surface area (Å²) < 4.78 is 0. The van der Waals surface area contributed by atoms with Crippen molar-refractivity contribution in [3.63, 3.8) is 0 Å². The Morgan fingerprint density at radius 2 is 2.07 bits per heavy atom. The first-order valence-corrected chi connectivity index (χ1v) is 4.60. The number of benzene rings is 1. The highest BCUT2D eigenvalue weighted by molar-refractivity contribution is 5.91. The van der Waals surface area contributed by atoms with E-state index in [1.165, 1.54) is 17.2 Å². The zero-order valence-corrected chi connectivity index (χ0v) is 8.79. The summed E-state index contributed by atoms with van der Waals surface area (Å²) in [5.74, 6) is -0.0787. The van der Waals surface area contributed by atoms with Gasteiger partial charge in [-0.3, -0.25) is 4.79 Å². The molecular formula is C12H15NO. The Morgan fingerprint density at radius 3 is 2.64 bits per heavy atom. The number of amides is 1. The molecular weight excluding hydrogens is 174 g/mol. The van der Waals surface area contributed by atoms with Crippen LogP contribution in [0.2, 0.25) is 0 Å². The SMILES string of the molecule is CNC(=O)/C=C\c1ccc(C)cc1C. The zero-order valence-electron chi connectivity index (χ0n) is 8.79. The average molecular weight is 189 g/mol. The van der Waals surface area contributed by atoms with Crippen LogP contribution in [0, 0.1) is 13.8 Å². The number of nitrogens with one attached hydrogen (secondary N) is 1. The van der Waals surface area contributed by atoms with Crippen LogP contribution in [0.25, 0.3) is 6.08 Å². The van der Waals surface area contributed by atoms with E-state index in [1.54, 1.807) is 7.05 Å². The molecule has 0 saturated heterocycles. The van der Waals surface area contributed by atoms with Crippen LogP contribution in [0.3, 0.4) is 0 Å². The van der Waals surface area contributed by atoms with E-state index in [9.17, 15) is 4.79 Å². The average Bonchev–Trinajstić information content (AvgIpc) is 2.16. The van der Waals surface area contributed by atoms with Crippen LogP contribution in [0.15, 0.2) is 24.3 Å². The second kappa shape index (κ2) is 4.61. The summed E-state index contributed by atoms with van der Waals surface area (Å²) in [4.78, 5) is 11.0. The Bertz CT molecular complexity index is 367. The van der Waals surface area contributed by atoms with Crippen molar-refractivity contribution in [2.75, 3.05) is 7.05 Å². The van der Waals surface area contributed by atoms with E-state index in [2.05, 4.69) is 18.3 Å². The van der Waals surface area contributed by atoms with Crippen molar-refractivity contribution in [1.29, 1.82) is 0 Å². The molecule has 0 aromatic heterocycles. The van der Waals surface area contributed by atoms with Gasteiger partial charge < -0.3 is 5.32 Å². The van der Waals surface area contributed by atoms with Gasteiger partial charge in [-0.05, 0) is 31.1 Å². The van der Waals surface area contributed by atoms with Crippen LogP contribution in [-0.2, 0) is 4.79 Å². The highest BCUT2D eigenvalue weighted by Gasteiger charge is 1.95. The molecule has 0 unspecified atom stereocenters. The molecule has 74 valence electrons. The first-order chi connectivity index (χ1) is 6.63. The van der Waals surface area contributed by atoms with Crippen molar-refractivity contribution in [2.24, 2.45) is 0 Å². The summed E-state index contributed by atoms with van der Waals surface area (Å²) in [5.41, 5.74) is 3.50. The predicted octanol–water partition coefficient (Wildman–Crippen LogP) is 2.06. The molecule has 0 atom stereocenters. The molecule has 1 N–H and O–H groups in total. The Balaban J connectivity index is 2.87. The Labute approximate surface area is 84.6 Å². The molecule has 0 radical (unpaired) electrons. The molecule has 1 aromatic rings. The number of hydrogen-bond donors (Lipinski definition) is 1. The third-order valence-electron chi connectivity index (χ3n) is 2.09. The van der Waals surface area contributed by atoms with E-state index in [0.717, 1.165) is 5.56 Å². The Kier molecular flexibility index (Phi) is 3.46. The summed E-state index contributed by atoms with van der Waals surface area (Å²) in [6.45, 7) is 4.09.